The zero-order valence-electron chi connectivity index (χ0n) is 9.40. The van der Waals surface area contributed by atoms with E-state index >= 15 is 0 Å². The van der Waals surface area contributed by atoms with Gasteiger partial charge in [0, 0.05) is 15.7 Å². The van der Waals surface area contributed by atoms with Crippen LogP contribution in [-0.2, 0) is 4.79 Å². The number of halogens is 2. The van der Waals surface area contributed by atoms with E-state index in [1.165, 1.54) is 17.0 Å². The SMILES string of the molecule is C=CCN(CC(=O)O)C(=O)c1ccc(I)c(Cl)c1. The van der Waals surface area contributed by atoms with E-state index in [-0.39, 0.29) is 19.0 Å². The van der Waals surface area contributed by atoms with Crippen LogP contribution in [0.15, 0.2) is 30.9 Å². The van der Waals surface area contributed by atoms with E-state index < -0.39 is 5.97 Å². The Labute approximate surface area is 123 Å². The van der Waals surface area contributed by atoms with Crippen LogP contribution in [0.5, 0.6) is 0 Å². The maximum atomic E-state index is 12.1. The van der Waals surface area contributed by atoms with E-state index in [1.54, 1.807) is 12.1 Å². The zero-order chi connectivity index (χ0) is 13.7. The second-order valence-electron chi connectivity index (χ2n) is 3.50. The minimum atomic E-state index is -1.07. The highest BCUT2D eigenvalue weighted by atomic mass is 127. The highest BCUT2D eigenvalue weighted by molar-refractivity contribution is 14.1. The van der Waals surface area contributed by atoms with Gasteiger partial charge >= 0.3 is 5.97 Å². The largest absolute Gasteiger partial charge is 0.480 e. The first-order valence-corrected chi connectivity index (χ1v) is 6.48. The summed E-state index contributed by atoms with van der Waals surface area (Å²) < 4.78 is 0.833. The van der Waals surface area contributed by atoms with Crippen LogP contribution in [0.4, 0.5) is 0 Å². The van der Waals surface area contributed by atoms with E-state index in [0.717, 1.165) is 3.57 Å². The molecule has 18 heavy (non-hydrogen) atoms. The molecule has 1 N–H and O–H groups in total. The summed E-state index contributed by atoms with van der Waals surface area (Å²) in [5.41, 5.74) is 0.364. The fourth-order valence-corrected chi connectivity index (χ4v) is 1.87. The Morgan fingerprint density at radius 2 is 2.17 bits per heavy atom. The molecule has 0 unspecified atom stereocenters. The molecule has 0 heterocycles. The normalized spacial score (nSPS) is 9.89. The number of benzene rings is 1. The number of carbonyl (C=O) groups excluding carboxylic acids is 1. The summed E-state index contributed by atoms with van der Waals surface area (Å²) in [7, 11) is 0. The lowest BCUT2D eigenvalue weighted by Gasteiger charge is -2.19. The lowest BCUT2D eigenvalue weighted by atomic mass is 10.2. The zero-order valence-corrected chi connectivity index (χ0v) is 12.3. The van der Waals surface area contributed by atoms with Crippen LogP contribution in [0.25, 0.3) is 0 Å². The first-order chi connectivity index (χ1) is 8.45. The molecule has 0 fully saturated rings. The van der Waals surface area contributed by atoms with Crippen LogP contribution < -0.4 is 0 Å². The Balaban J connectivity index is 2.97. The highest BCUT2D eigenvalue weighted by Crippen LogP contribution is 2.20. The van der Waals surface area contributed by atoms with E-state index in [4.69, 9.17) is 16.7 Å². The summed E-state index contributed by atoms with van der Waals surface area (Å²) >= 11 is 7.98. The Hall–Kier alpha value is -1.08. The van der Waals surface area contributed by atoms with Crippen LogP contribution in [0.1, 0.15) is 10.4 Å². The van der Waals surface area contributed by atoms with Crippen LogP contribution >= 0.6 is 34.2 Å². The monoisotopic (exact) mass is 379 g/mol. The van der Waals surface area contributed by atoms with Gasteiger partial charge in [-0.05, 0) is 40.8 Å². The number of hydrogen-bond donors (Lipinski definition) is 1. The van der Waals surface area contributed by atoms with Gasteiger partial charge in [-0.15, -0.1) is 6.58 Å². The topological polar surface area (TPSA) is 57.6 Å². The van der Waals surface area contributed by atoms with Crippen LogP contribution in [0.2, 0.25) is 5.02 Å². The Bertz CT molecular complexity index is 490. The summed E-state index contributed by atoms with van der Waals surface area (Å²) in [6.07, 6.45) is 1.48. The first-order valence-electron chi connectivity index (χ1n) is 5.02. The van der Waals surface area contributed by atoms with Gasteiger partial charge in [-0.2, -0.15) is 0 Å². The third-order valence-electron chi connectivity index (χ3n) is 2.13. The number of carboxylic acids is 1. The maximum absolute atomic E-state index is 12.1. The van der Waals surface area contributed by atoms with Crippen molar-refractivity contribution in [1.82, 2.24) is 4.90 Å². The van der Waals surface area contributed by atoms with Crippen LogP contribution in [0, 0.1) is 3.57 Å². The molecular formula is C12H11ClINO3. The molecule has 0 radical (unpaired) electrons. The van der Waals surface area contributed by atoms with Crippen LogP contribution in [-0.4, -0.2) is 35.0 Å². The molecule has 96 valence electrons. The van der Waals surface area contributed by atoms with Gasteiger partial charge in [-0.1, -0.05) is 17.7 Å². The first kappa shape index (κ1) is 15.0. The highest BCUT2D eigenvalue weighted by Gasteiger charge is 2.17. The van der Waals surface area contributed by atoms with Gasteiger partial charge in [0.2, 0.25) is 0 Å². The average molecular weight is 380 g/mol. The van der Waals surface area contributed by atoms with Gasteiger partial charge < -0.3 is 10.0 Å². The van der Waals surface area contributed by atoms with Crippen LogP contribution in [0.3, 0.4) is 0 Å². The van der Waals surface area contributed by atoms with Crippen molar-refractivity contribution in [2.45, 2.75) is 0 Å². The molecule has 0 aromatic heterocycles. The number of amides is 1. The minimum absolute atomic E-state index is 0.175. The molecule has 0 bridgehead atoms. The molecular weight excluding hydrogens is 368 g/mol. The standard InChI is InChI=1S/C12H11ClINO3/c1-2-5-15(7-11(16)17)12(18)8-3-4-10(14)9(13)6-8/h2-4,6H,1,5,7H2,(H,16,17). The molecule has 1 aromatic rings. The summed E-state index contributed by atoms with van der Waals surface area (Å²) in [6.45, 7) is 3.31. The van der Waals surface area contributed by atoms with E-state index in [9.17, 15) is 9.59 Å². The van der Waals surface area contributed by atoms with Crippen molar-refractivity contribution in [3.05, 3.63) is 45.0 Å². The van der Waals surface area contributed by atoms with E-state index in [1.807, 2.05) is 0 Å². The minimum Gasteiger partial charge on any atom is -0.480 e. The Morgan fingerprint density at radius 3 is 2.67 bits per heavy atom. The van der Waals surface area contributed by atoms with Crippen molar-refractivity contribution in [2.24, 2.45) is 0 Å². The van der Waals surface area contributed by atoms with Gasteiger partial charge in [0.1, 0.15) is 6.54 Å². The van der Waals surface area contributed by atoms with E-state index in [0.29, 0.717) is 10.6 Å². The van der Waals surface area contributed by atoms with Crippen molar-refractivity contribution in [2.75, 3.05) is 13.1 Å². The lowest BCUT2D eigenvalue weighted by Crippen LogP contribution is -2.35. The lowest BCUT2D eigenvalue weighted by molar-refractivity contribution is -0.137. The number of aliphatic carboxylic acids is 1. The van der Waals surface area contributed by atoms with Crippen molar-refractivity contribution >= 4 is 46.1 Å². The second-order valence-corrected chi connectivity index (χ2v) is 5.07. The smallest absolute Gasteiger partial charge is 0.323 e. The summed E-state index contributed by atoms with van der Waals surface area (Å²) in [6, 6.07) is 4.86. The predicted octanol–water partition coefficient (Wildman–Crippen LogP) is 2.66. The van der Waals surface area contributed by atoms with Crippen molar-refractivity contribution in [3.63, 3.8) is 0 Å². The number of nitrogens with zero attached hydrogens (tertiary/aromatic N) is 1. The Kier molecular flexibility index (Phi) is 5.61. The number of carboxylic acid groups (broad SMARTS) is 1. The number of hydrogen-bond acceptors (Lipinski definition) is 2. The third-order valence-corrected chi connectivity index (χ3v) is 3.70. The Morgan fingerprint density at radius 1 is 1.50 bits per heavy atom. The summed E-state index contributed by atoms with van der Waals surface area (Å²) in [5.74, 6) is -1.45. The molecule has 4 nitrogen and oxygen atoms in total. The molecule has 1 rings (SSSR count). The molecule has 1 aromatic carbocycles. The average Bonchev–Trinajstić information content (AvgIpc) is 2.31. The number of carbonyl (C=O) groups is 2. The van der Waals surface area contributed by atoms with Gasteiger partial charge in [0.25, 0.3) is 5.91 Å². The third kappa shape index (κ3) is 3.99. The van der Waals surface area contributed by atoms with Crippen molar-refractivity contribution in [1.29, 1.82) is 0 Å². The summed E-state index contributed by atoms with van der Waals surface area (Å²) in [5, 5.41) is 9.22. The fraction of sp³-hybridized carbons (Fsp3) is 0.167. The van der Waals surface area contributed by atoms with Gasteiger partial charge in [-0.3, -0.25) is 9.59 Å². The van der Waals surface area contributed by atoms with Crippen molar-refractivity contribution in [3.8, 4) is 0 Å². The number of rotatable bonds is 5. The molecule has 0 saturated carbocycles. The van der Waals surface area contributed by atoms with Gasteiger partial charge in [0.15, 0.2) is 0 Å². The maximum Gasteiger partial charge on any atom is 0.323 e. The fourth-order valence-electron chi connectivity index (χ4n) is 1.35. The molecule has 0 saturated heterocycles. The molecule has 0 aliphatic rings. The second kappa shape index (κ2) is 6.75. The van der Waals surface area contributed by atoms with Gasteiger partial charge in [-0.25, -0.2) is 0 Å². The molecule has 0 aliphatic carbocycles. The van der Waals surface area contributed by atoms with Crippen molar-refractivity contribution < 1.29 is 14.7 Å². The summed E-state index contributed by atoms with van der Waals surface area (Å²) in [4.78, 5) is 24.0. The molecule has 6 heteroatoms. The van der Waals surface area contributed by atoms with E-state index in [2.05, 4.69) is 29.2 Å². The van der Waals surface area contributed by atoms with Gasteiger partial charge in [0.05, 0.1) is 5.02 Å². The predicted molar refractivity (Wildman–Crippen MR) is 77.9 cm³/mol. The quantitative estimate of drug-likeness (QED) is 0.632. The molecule has 0 spiro atoms. The molecule has 1 amide bonds. The molecule has 0 aliphatic heterocycles. The molecule has 0 atom stereocenters.